The standard InChI is InChI=1S/C12H16N6O3/c1-7-8(4-16-18-7)3-14-12(21)17-10(11(19)20)2-9-5-13-6-15-9/h4-6,10H,2-3H2,1H3,(H,13,15)(H,16,18)(H,19,20)(H2,14,17,21)/t10-/m1/s1. The second kappa shape index (κ2) is 6.55. The van der Waals surface area contributed by atoms with Crippen LogP contribution in [0.5, 0.6) is 0 Å². The molecule has 21 heavy (non-hydrogen) atoms. The number of aromatic amines is 2. The Bertz CT molecular complexity index is 606. The molecule has 2 heterocycles. The zero-order chi connectivity index (χ0) is 15.2. The minimum absolute atomic E-state index is 0.132. The Balaban J connectivity index is 1.86. The van der Waals surface area contributed by atoms with Crippen molar-refractivity contribution in [2.24, 2.45) is 0 Å². The van der Waals surface area contributed by atoms with Crippen molar-refractivity contribution < 1.29 is 14.7 Å². The molecule has 2 amide bonds. The molecule has 0 bridgehead atoms. The molecule has 9 heteroatoms. The average Bonchev–Trinajstić information content (AvgIpc) is 3.07. The number of carbonyl (C=O) groups excluding carboxylic acids is 1. The van der Waals surface area contributed by atoms with Crippen LogP contribution in [0.4, 0.5) is 4.79 Å². The Labute approximate surface area is 120 Å². The van der Waals surface area contributed by atoms with Crippen molar-refractivity contribution in [3.8, 4) is 0 Å². The maximum Gasteiger partial charge on any atom is 0.326 e. The number of imidazole rings is 1. The number of carboxylic acids is 1. The highest BCUT2D eigenvalue weighted by Crippen LogP contribution is 2.02. The van der Waals surface area contributed by atoms with Crippen molar-refractivity contribution in [2.75, 3.05) is 0 Å². The maximum absolute atomic E-state index is 11.8. The van der Waals surface area contributed by atoms with Gasteiger partial charge in [0.25, 0.3) is 0 Å². The lowest BCUT2D eigenvalue weighted by atomic mass is 10.1. The molecule has 2 aromatic heterocycles. The van der Waals surface area contributed by atoms with Gasteiger partial charge in [0, 0.05) is 36.1 Å². The van der Waals surface area contributed by atoms with Crippen LogP contribution in [0.3, 0.4) is 0 Å². The second-order valence-electron chi connectivity index (χ2n) is 4.52. The molecule has 0 aliphatic rings. The number of carbonyl (C=O) groups is 2. The van der Waals surface area contributed by atoms with Gasteiger partial charge in [-0.1, -0.05) is 0 Å². The number of amides is 2. The number of urea groups is 1. The minimum Gasteiger partial charge on any atom is -0.480 e. The third-order valence-electron chi connectivity index (χ3n) is 2.96. The van der Waals surface area contributed by atoms with Crippen molar-refractivity contribution in [3.63, 3.8) is 0 Å². The highest BCUT2D eigenvalue weighted by atomic mass is 16.4. The fourth-order valence-corrected chi connectivity index (χ4v) is 1.75. The summed E-state index contributed by atoms with van der Waals surface area (Å²) in [4.78, 5) is 29.5. The molecule has 0 saturated carbocycles. The van der Waals surface area contributed by atoms with Gasteiger partial charge in [-0.15, -0.1) is 0 Å². The first kappa shape index (κ1) is 14.6. The Morgan fingerprint density at radius 3 is 2.81 bits per heavy atom. The Hall–Kier alpha value is -2.84. The fourth-order valence-electron chi connectivity index (χ4n) is 1.75. The molecule has 1 atom stereocenters. The van der Waals surface area contributed by atoms with Crippen molar-refractivity contribution in [3.05, 3.63) is 35.7 Å². The quantitative estimate of drug-likeness (QED) is 0.508. The Kier molecular flexibility index (Phi) is 4.54. The number of hydrogen-bond donors (Lipinski definition) is 5. The van der Waals surface area contributed by atoms with Crippen LogP contribution in [-0.4, -0.2) is 43.3 Å². The molecular weight excluding hydrogens is 276 g/mol. The third kappa shape index (κ3) is 4.06. The lowest BCUT2D eigenvalue weighted by Crippen LogP contribution is -2.47. The predicted molar refractivity (Wildman–Crippen MR) is 72.4 cm³/mol. The summed E-state index contributed by atoms with van der Waals surface area (Å²) >= 11 is 0. The highest BCUT2D eigenvalue weighted by Gasteiger charge is 2.21. The first-order valence-electron chi connectivity index (χ1n) is 6.29. The van der Waals surface area contributed by atoms with Crippen LogP contribution in [0.15, 0.2) is 18.7 Å². The normalized spacial score (nSPS) is 11.9. The van der Waals surface area contributed by atoms with E-state index in [2.05, 4.69) is 30.8 Å². The first-order chi connectivity index (χ1) is 10.1. The SMILES string of the molecule is Cc1[nH]ncc1CNC(=O)N[C@H](Cc1cnc[nH]1)C(=O)O. The highest BCUT2D eigenvalue weighted by molar-refractivity contribution is 5.82. The summed E-state index contributed by atoms with van der Waals surface area (Å²) in [7, 11) is 0. The number of hydrogen-bond acceptors (Lipinski definition) is 4. The second-order valence-corrected chi connectivity index (χ2v) is 4.52. The first-order valence-corrected chi connectivity index (χ1v) is 6.29. The average molecular weight is 292 g/mol. The van der Waals surface area contributed by atoms with Crippen LogP contribution in [0, 0.1) is 6.92 Å². The third-order valence-corrected chi connectivity index (χ3v) is 2.96. The number of nitrogens with zero attached hydrogens (tertiary/aromatic N) is 2. The van der Waals surface area contributed by atoms with Crippen molar-refractivity contribution in [2.45, 2.75) is 25.9 Å². The molecule has 0 spiro atoms. The molecule has 0 fully saturated rings. The van der Waals surface area contributed by atoms with Crippen molar-refractivity contribution in [1.82, 2.24) is 30.8 Å². The van der Waals surface area contributed by atoms with Crippen molar-refractivity contribution in [1.29, 1.82) is 0 Å². The van der Waals surface area contributed by atoms with Crippen LogP contribution in [0.1, 0.15) is 17.0 Å². The Morgan fingerprint density at radius 2 is 2.24 bits per heavy atom. The van der Waals surface area contributed by atoms with E-state index in [1.54, 1.807) is 6.20 Å². The van der Waals surface area contributed by atoms with Gasteiger partial charge in [0.05, 0.1) is 12.5 Å². The molecule has 112 valence electrons. The van der Waals surface area contributed by atoms with Gasteiger partial charge in [0.1, 0.15) is 6.04 Å². The van der Waals surface area contributed by atoms with E-state index >= 15 is 0 Å². The van der Waals surface area contributed by atoms with Gasteiger partial charge in [-0.2, -0.15) is 5.10 Å². The van der Waals surface area contributed by atoms with Gasteiger partial charge in [0.15, 0.2) is 0 Å². The fraction of sp³-hybridized carbons (Fsp3) is 0.333. The van der Waals surface area contributed by atoms with E-state index in [0.29, 0.717) is 5.69 Å². The van der Waals surface area contributed by atoms with E-state index in [1.807, 2.05) is 6.92 Å². The summed E-state index contributed by atoms with van der Waals surface area (Å²) < 4.78 is 0. The zero-order valence-electron chi connectivity index (χ0n) is 11.4. The van der Waals surface area contributed by atoms with Crippen LogP contribution in [0.2, 0.25) is 0 Å². The van der Waals surface area contributed by atoms with Gasteiger partial charge in [-0.3, -0.25) is 5.10 Å². The van der Waals surface area contributed by atoms with Gasteiger partial charge in [0.2, 0.25) is 0 Å². The van der Waals surface area contributed by atoms with Crippen LogP contribution < -0.4 is 10.6 Å². The maximum atomic E-state index is 11.8. The van der Waals surface area contributed by atoms with E-state index in [0.717, 1.165) is 11.3 Å². The molecule has 2 aromatic rings. The number of rotatable bonds is 6. The molecule has 0 aromatic carbocycles. The summed E-state index contributed by atoms with van der Waals surface area (Å²) in [5.74, 6) is -1.11. The van der Waals surface area contributed by atoms with Crippen LogP contribution >= 0.6 is 0 Å². The number of aryl methyl sites for hydroxylation is 1. The number of aromatic nitrogens is 4. The molecule has 0 aliphatic carbocycles. The van der Waals surface area contributed by atoms with Crippen LogP contribution in [-0.2, 0) is 17.8 Å². The van der Waals surface area contributed by atoms with Gasteiger partial charge < -0.3 is 20.7 Å². The summed E-state index contributed by atoms with van der Waals surface area (Å²) in [5.41, 5.74) is 2.32. The molecule has 5 N–H and O–H groups in total. The summed E-state index contributed by atoms with van der Waals surface area (Å²) in [6, 6.07) is -1.58. The summed E-state index contributed by atoms with van der Waals surface area (Å²) in [5, 5.41) is 20.7. The van der Waals surface area contributed by atoms with E-state index < -0.39 is 18.0 Å². The zero-order valence-corrected chi connectivity index (χ0v) is 11.4. The van der Waals surface area contributed by atoms with Gasteiger partial charge >= 0.3 is 12.0 Å². The summed E-state index contributed by atoms with van der Waals surface area (Å²) in [6.45, 7) is 2.10. The van der Waals surface area contributed by atoms with Crippen LogP contribution in [0.25, 0.3) is 0 Å². The smallest absolute Gasteiger partial charge is 0.326 e. The molecule has 0 aliphatic heterocycles. The van der Waals surface area contributed by atoms with Gasteiger partial charge in [-0.25, -0.2) is 14.6 Å². The molecule has 0 unspecified atom stereocenters. The van der Waals surface area contributed by atoms with Crippen molar-refractivity contribution >= 4 is 12.0 Å². The molecule has 0 saturated heterocycles. The van der Waals surface area contributed by atoms with E-state index in [4.69, 9.17) is 5.11 Å². The van der Waals surface area contributed by atoms with E-state index in [1.165, 1.54) is 12.5 Å². The molecule has 0 radical (unpaired) electrons. The summed E-state index contributed by atoms with van der Waals surface area (Å²) in [6.07, 6.45) is 4.71. The van der Waals surface area contributed by atoms with E-state index in [9.17, 15) is 9.59 Å². The minimum atomic E-state index is -1.11. The number of aliphatic carboxylic acids is 1. The number of nitrogens with one attached hydrogen (secondary N) is 4. The number of H-pyrrole nitrogens is 2. The topological polar surface area (TPSA) is 136 Å². The molecular formula is C12H16N6O3. The number of carboxylic acid groups (broad SMARTS) is 1. The predicted octanol–water partition coefficient (Wildman–Crippen LogP) is -0.0637. The lowest BCUT2D eigenvalue weighted by Gasteiger charge is -2.14. The van der Waals surface area contributed by atoms with Gasteiger partial charge in [-0.05, 0) is 6.92 Å². The molecule has 2 rings (SSSR count). The molecule has 9 nitrogen and oxygen atoms in total. The van der Waals surface area contributed by atoms with E-state index in [-0.39, 0.29) is 13.0 Å². The Morgan fingerprint density at radius 1 is 1.43 bits per heavy atom. The monoisotopic (exact) mass is 292 g/mol. The largest absolute Gasteiger partial charge is 0.480 e. The lowest BCUT2D eigenvalue weighted by molar-refractivity contribution is -0.139.